The van der Waals surface area contributed by atoms with Crippen LogP contribution in [0.2, 0.25) is 0 Å². The molecule has 0 spiro atoms. The van der Waals surface area contributed by atoms with Gasteiger partial charge in [0, 0.05) is 24.4 Å². The largest absolute Gasteiger partial charge is 0.348 e. The first-order valence-electron chi connectivity index (χ1n) is 9.38. The maximum atomic E-state index is 12.6. The number of piperidine rings is 1. The molecule has 1 amide bonds. The fraction of sp³-hybridized carbons (Fsp3) is 0.500. The van der Waals surface area contributed by atoms with Gasteiger partial charge in [-0.25, -0.2) is 0 Å². The van der Waals surface area contributed by atoms with Crippen LogP contribution in [0.25, 0.3) is 0 Å². The average Bonchev–Trinajstić information content (AvgIpc) is 3.17. The third-order valence-corrected chi connectivity index (χ3v) is 5.54. The van der Waals surface area contributed by atoms with Gasteiger partial charge in [-0.3, -0.25) is 14.8 Å². The zero-order valence-electron chi connectivity index (χ0n) is 14.6. The summed E-state index contributed by atoms with van der Waals surface area (Å²) in [7, 11) is 0. The van der Waals surface area contributed by atoms with Crippen molar-refractivity contribution >= 4 is 5.91 Å². The van der Waals surface area contributed by atoms with E-state index in [1.807, 2.05) is 12.3 Å². The molecule has 5 nitrogen and oxygen atoms in total. The fourth-order valence-electron chi connectivity index (χ4n) is 4.29. The fourth-order valence-corrected chi connectivity index (χ4v) is 4.29. The lowest BCUT2D eigenvalue weighted by atomic mass is 9.88. The molecule has 5 heteroatoms. The van der Waals surface area contributed by atoms with E-state index in [1.165, 1.54) is 16.8 Å². The number of fused-ring (bicyclic) bond motifs is 1. The minimum Gasteiger partial charge on any atom is -0.348 e. The van der Waals surface area contributed by atoms with Crippen molar-refractivity contribution in [2.24, 2.45) is 0 Å². The molecule has 2 atom stereocenters. The molecule has 1 saturated heterocycles. The molecule has 132 valence electrons. The Morgan fingerprint density at radius 3 is 3.04 bits per heavy atom. The van der Waals surface area contributed by atoms with Crippen molar-refractivity contribution in [3.8, 4) is 0 Å². The third-order valence-electron chi connectivity index (χ3n) is 5.54. The molecule has 1 aliphatic heterocycles. The quantitative estimate of drug-likeness (QED) is 0.901. The SMILES string of the molecule is O=C(CN1CCC[C@H](c2ccn[nH]2)C1)N[C@@H]1CCCc2ccccc21. The van der Waals surface area contributed by atoms with Gasteiger partial charge in [0.25, 0.3) is 0 Å². The number of carbonyl (C=O) groups is 1. The van der Waals surface area contributed by atoms with E-state index >= 15 is 0 Å². The van der Waals surface area contributed by atoms with Crippen molar-refractivity contribution in [3.63, 3.8) is 0 Å². The van der Waals surface area contributed by atoms with Gasteiger partial charge in [0.1, 0.15) is 0 Å². The Hall–Kier alpha value is -2.14. The van der Waals surface area contributed by atoms with Gasteiger partial charge in [0.05, 0.1) is 12.6 Å². The van der Waals surface area contributed by atoms with Crippen LogP contribution >= 0.6 is 0 Å². The summed E-state index contributed by atoms with van der Waals surface area (Å²) in [6.07, 6.45) is 7.41. The topological polar surface area (TPSA) is 61.0 Å². The molecule has 2 aromatic rings. The summed E-state index contributed by atoms with van der Waals surface area (Å²) in [5.41, 5.74) is 3.87. The number of hydrogen-bond donors (Lipinski definition) is 2. The molecule has 0 radical (unpaired) electrons. The molecule has 4 rings (SSSR count). The van der Waals surface area contributed by atoms with Crippen LogP contribution in [-0.2, 0) is 11.2 Å². The van der Waals surface area contributed by atoms with Gasteiger partial charge < -0.3 is 5.32 Å². The summed E-state index contributed by atoms with van der Waals surface area (Å²) in [6, 6.07) is 10.7. The van der Waals surface area contributed by atoms with Gasteiger partial charge in [-0.2, -0.15) is 5.10 Å². The van der Waals surface area contributed by atoms with E-state index in [9.17, 15) is 4.79 Å². The zero-order chi connectivity index (χ0) is 17.1. The number of benzene rings is 1. The lowest BCUT2D eigenvalue weighted by molar-refractivity contribution is -0.123. The number of nitrogens with one attached hydrogen (secondary N) is 2. The molecule has 0 unspecified atom stereocenters. The van der Waals surface area contributed by atoms with Gasteiger partial charge >= 0.3 is 0 Å². The van der Waals surface area contributed by atoms with Crippen molar-refractivity contribution in [3.05, 3.63) is 53.3 Å². The van der Waals surface area contributed by atoms with Crippen molar-refractivity contribution in [1.82, 2.24) is 20.4 Å². The molecule has 0 saturated carbocycles. The van der Waals surface area contributed by atoms with E-state index in [1.54, 1.807) is 0 Å². The molecule has 25 heavy (non-hydrogen) atoms. The minimum absolute atomic E-state index is 0.145. The first kappa shape index (κ1) is 16.3. The predicted molar refractivity (Wildman–Crippen MR) is 97.3 cm³/mol. The Labute approximate surface area is 148 Å². The van der Waals surface area contributed by atoms with E-state index in [0.717, 1.165) is 45.2 Å². The van der Waals surface area contributed by atoms with Crippen LogP contribution in [0, 0.1) is 0 Å². The number of hydrogen-bond acceptors (Lipinski definition) is 3. The Morgan fingerprint density at radius 2 is 2.16 bits per heavy atom. The number of carbonyl (C=O) groups excluding carboxylic acids is 1. The van der Waals surface area contributed by atoms with Crippen molar-refractivity contribution in [2.45, 2.75) is 44.1 Å². The summed E-state index contributed by atoms with van der Waals surface area (Å²) in [6.45, 7) is 2.42. The molecular weight excluding hydrogens is 312 g/mol. The van der Waals surface area contributed by atoms with Crippen LogP contribution in [0.5, 0.6) is 0 Å². The van der Waals surface area contributed by atoms with E-state index in [0.29, 0.717) is 12.5 Å². The first-order chi connectivity index (χ1) is 12.3. The number of rotatable bonds is 4. The predicted octanol–water partition coefficient (Wildman–Crippen LogP) is 2.78. The summed E-state index contributed by atoms with van der Waals surface area (Å²) < 4.78 is 0. The van der Waals surface area contributed by atoms with E-state index in [2.05, 4.69) is 44.7 Å². The smallest absolute Gasteiger partial charge is 0.234 e. The number of aromatic nitrogens is 2. The Bertz CT molecular complexity index is 712. The highest BCUT2D eigenvalue weighted by atomic mass is 16.2. The molecule has 1 aromatic carbocycles. The van der Waals surface area contributed by atoms with E-state index < -0.39 is 0 Å². The summed E-state index contributed by atoms with van der Waals surface area (Å²) in [5.74, 6) is 0.603. The molecule has 1 aliphatic carbocycles. The molecule has 2 heterocycles. The monoisotopic (exact) mass is 338 g/mol. The van der Waals surface area contributed by atoms with Crippen molar-refractivity contribution < 1.29 is 4.79 Å². The Balaban J connectivity index is 1.35. The average molecular weight is 338 g/mol. The van der Waals surface area contributed by atoms with Crippen molar-refractivity contribution in [2.75, 3.05) is 19.6 Å². The summed E-state index contributed by atoms with van der Waals surface area (Å²) >= 11 is 0. The second-order valence-electron chi connectivity index (χ2n) is 7.30. The first-order valence-corrected chi connectivity index (χ1v) is 9.38. The standard InChI is InChI=1S/C20H26N4O/c25-20(22-19-9-3-6-15-5-1-2-8-17(15)19)14-24-12-4-7-16(13-24)18-10-11-21-23-18/h1-2,5,8,10-11,16,19H,3-4,6-7,9,12-14H2,(H,21,23)(H,22,25)/t16-,19+/m0/s1. The second kappa shape index (κ2) is 7.40. The summed E-state index contributed by atoms with van der Waals surface area (Å²) in [4.78, 5) is 14.9. The van der Waals surface area contributed by atoms with Gasteiger partial charge in [-0.1, -0.05) is 24.3 Å². The van der Waals surface area contributed by atoms with Gasteiger partial charge in [-0.05, 0) is 55.8 Å². The maximum absolute atomic E-state index is 12.6. The highest BCUT2D eigenvalue weighted by molar-refractivity contribution is 5.78. The highest BCUT2D eigenvalue weighted by Gasteiger charge is 2.26. The van der Waals surface area contributed by atoms with Crippen LogP contribution in [0.3, 0.4) is 0 Å². The summed E-state index contributed by atoms with van der Waals surface area (Å²) in [5, 5.41) is 10.4. The van der Waals surface area contributed by atoms with Crippen LogP contribution in [0.4, 0.5) is 0 Å². The number of nitrogens with zero attached hydrogens (tertiary/aromatic N) is 2. The van der Waals surface area contributed by atoms with Gasteiger partial charge in [0.15, 0.2) is 0 Å². The third kappa shape index (κ3) is 3.76. The van der Waals surface area contributed by atoms with Crippen LogP contribution < -0.4 is 5.32 Å². The van der Waals surface area contributed by atoms with E-state index in [4.69, 9.17) is 0 Å². The van der Waals surface area contributed by atoms with Crippen LogP contribution in [0.1, 0.15) is 54.5 Å². The number of H-pyrrole nitrogens is 1. The Morgan fingerprint density at radius 1 is 1.24 bits per heavy atom. The number of likely N-dealkylation sites (tertiary alicyclic amines) is 1. The molecule has 1 fully saturated rings. The number of amides is 1. The second-order valence-corrected chi connectivity index (χ2v) is 7.30. The lowest BCUT2D eigenvalue weighted by Crippen LogP contribution is -2.43. The lowest BCUT2D eigenvalue weighted by Gasteiger charge is -2.32. The molecular formula is C20H26N4O. The number of aryl methyl sites for hydroxylation is 1. The molecule has 0 bridgehead atoms. The van der Waals surface area contributed by atoms with Crippen LogP contribution in [0.15, 0.2) is 36.5 Å². The molecule has 2 N–H and O–H groups in total. The van der Waals surface area contributed by atoms with Crippen molar-refractivity contribution in [1.29, 1.82) is 0 Å². The van der Waals surface area contributed by atoms with E-state index in [-0.39, 0.29) is 11.9 Å². The highest BCUT2D eigenvalue weighted by Crippen LogP contribution is 2.29. The maximum Gasteiger partial charge on any atom is 0.234 e. The minimum atomic E-state index is 0.145. The number of aromatic amines is 1. The van der Waals surface area contributed by atoms with Gasteiger partial charge in [0.2, 0.25) is 5.91 Å². The van der Waals surface area contributed by atoms with Crippen LogP contribution in [-0.4, -0.2) is 40.6 Å². The van der Waals surface area contributed by atoms with Gasteiger partial charge in [-0.15, -0.1) is 0 Å². The normalized spacial score (nSPS) is 23.8. The zero-order valence-corrected chi connectivity index (χ0v) is 14.6. The molecule has 2 aliphatic rings. The Kier molecular flexibility index (Phi) is 4.83. The molecule has 1 aromatic heterocycles.